The van der Waals surface area contributed by atoms with Crippen molar-refractivity contribution in [1.82, 2.24) is 5.06 Å². The Morgan fingerprint density at radius 3 is 2.52 bits per heavy atom. The molecular weight excluding hydrogens is 292 g/mol. The number of unbranched alkanes of at least 4 members (excludes halogenated alkanes) is 3. The number of rotatable bonds is 8. The van der Waals surface area contributed by atoms with Gasteiger partial charge in [-0.2, -0.15) is 0 Å². The Morgan fingerprint density at radius 2 is 1.83 bits per heavy atom. The standard InChI is InChI=1S/C18H28N2O3/c1-3-4-5-6-11-18(21)23-20-14-12-19(13-15-20)16-9-7-8-10-17(16)22-2/h7-10H,3-6,11-15H2,1-2H3. The fourth-order valence-corrected chi connectivity index (χ4v) is 2.80. The molecule has 1 aliphatic heterocycles. The van der Waals surface area contributed by atoms with Crippen molar-refractivity contribution in [2.75, 3.05) is 38.2 Å². The van der Waals surface area contributed by atoms with Gasteiger partial charge in [0.25, 0.3) is 0 Å². The summed E-state index contributed by atoms with van der Waals surface area (Å²) in [7, 11) is 1.69. The summed E-state index contributed by atoms with van der Waals surface area (Å²) in [5, 5.41) is 1.79. The van der Waals surface area contributed by atoms with Gasteiger partial charge in [0.05, 0.1) is 25.9 Å². The molecule has 5 heteroatoms. The second-order valence-electron chi connectivity index (χ2n) is 5.86. The maximum Gasteiger partial charge on any atom is 0.325 e. The van der Waals surface area contributed by atoms with Crippen LogP contribution < -0.4 is 9.64 Å². The van der Waals surface area contributed by atoms with Crippen molar-refractivity contribution in [3.05, 3.63) is 24.3 Å². The van der Waals surface area contributed by atoms with E-state index in [1.807, 2.05) is 18.2 Å². The van der Waals surface area contributed by atoms with Gasteiger partial charge in [-0.3, -0.25) is 4.79 Å². The summed E-state index contributed by atoms with van der Waals surface area (Å²) in [6.07, 6.45) is 4.92. The number of carbonyl (C=O) groups is 1. The lowest BCUT2D eigenvalue weighted by Gasteiger charge is -2.35. The second-order valence-corrected chi connectivity index (χ2v) is 5.86. The van der Waals surface area contributed by atoms with E-state index in [2.05, 4.69) is 17.9 Å². The van der Waals surface area contributed by atoms with Crippen LogP contribution in [0.5, 0.6) is 5.75 Å². The van der Waals surface area contributed by atoms with Crippen LogP contribution in [0.2, 0.25) is 0 Å². The Hall–Kier alpha value is -1.75. The van der Waals surface area contributed by atoms with Crippen molar-refractivity contribution in [3.8, 4) is 5.75 Å². The lowest BCUT2D eigenvalue weighted by atomic mass is 10.2. The van der Waals surface area contributed by atoms with E-state index >= 15 is 0 Å². The largest absolute Gasteiger partial charge is 0.495 e. The third-order valence-corrected chi connectivity index (χ3v) is 4.13. The summed E-state index contributed by atoms with van der Waals surface area (Å²) in [5.41, 5.74) is 1.10. The highest BCUT2D eigenvalue weighted by Gasteiger charge is 2.21. The minimum Gasteiger partial charge on any atom is -0.495 e. The highest BCUT2D eigenvalue weighted by atomic mass is 16.7. The minimum atomic E-state index is -0.105. The van der Waals surface area contributed by atoms with Crippen molar-refractivity contribution >= 4 is 11.7 Å². The van der Waals surface area contributed by atoms with Crippen LogP contribution in [0.25, 0.3) is 0 Å². The molecule has 0 amide bonds. The van der Waals surface area contributed by atoms with Crippen LogP contribution in [0.4, 0.5) is 5.69 Å². The average molecular weight is 320 g/mol. The van der Waals surface area contributed by atoms with Crippen LogP contribution in [-0.2, 0) is 9.63 Å². The zero-order valence-corrected chi connectivity index (χ0v) is 14.3. The number of methoxy groups -OCH3 is 1. The van der Waals surface area contributed by atoms with Gasteiger partial charge >= 0.3 is 5.97 Å². The van der Waals surface area contributed by atoms with E-state index in [1.165, 1.54) is 12.8 Å². The number of piperazine rings is 1. The molecule has 0 radical (unpaired) electrons. The molecule has 0 unspecified atom stereocenters. The maximum absolute atomic E-state index is 11.8. The topological polar surface area (TPSA) is 42.0 Å². The van der Waals surface area contributed by atoms with Gasteiger partial charge in [0.2, 0.25) is 0 Å². The van der Waals surface area contributed by atoms with Crippen molar-refractivity contribution in [3.63, 3.8) is 0 Å². The molecule has 0 spiro atoms. The van der Waals surface area contributed by atoms with Crippen LogP contribution >= 0.6 is 0 Å². The van der Waals surface area contributed by atoms with E-state index in [0.29, 0.717) is 6.42 Å². The number of nitrogens with zero attached hydrogens (tertiary/aromatic N) is 2. The Balaban J connectivity index is 1.74. The predicted molar refractivity (Wildman–Crippen MR) is 91.6 cm³/mol. The Morgan fingerprint density at radius 1 is 1.09 bits per heavy atom. The number of hydrogen-bond acceptors (Lipinski definition) is 5. The Labute approximate surface area is 139 Å². The predicted octanol–water partition coefficient (Wildman–Crippen LogP) is 3.25. The smallest absolute Gasteiger partial charge is 0.325 e. The fraction of sp³-hybridized carbons (Fsp3) is 0.611. The average Bonchev–Trinajstić information content (AvgIpc) is 2.59. The molecule has 1 aliphatic rings. The molecule has 0 saturated carbocycles. The molecule has 0 atom stereocenters. The molecule has 23 heavy (non-hydrogen) atoms. The normalized spacial score (nSPS) is 15.5. The van der Waals surface area contributed by atoms with E-state index in [-0.39, 0.29) is 5.97 Å². The van der Waals surface area contributed by atoms with Gasteiger partial charge in [-0.05, 0) is 18.6 Å². The molecule has 128 valence electrons. The summed E-state index contributed by atoms with van der Waals surface area (Å²) in [4.78, 5) is 19.5. The van der Waals surface area contributed by atoms with E-state index in [4.69, 9.17) is 9.57 Å². The molecule has 1 heterocycles. The molecule has 1 saturated heterocycles. The maximum atomic E-state index is 11.8. The first-order valence-corrected chi connectivity index (χ1v) is 8.58. The van der Waals surface area contributed by atoms with Gasteiger partial charge in [-0.1, -0.05) is 38.3 Å². The van der Waals surface area contributed by atoms with E-state index < -0.39 is 0 Å². The molecule has 0 N–H and O–H groups in total. The van der Waals surface area contributed by atoms with Crippen molar-refractivity contribution in [1.29, 1.82) is 0 Å². The highest BCUT2D eigenvalue weighted by Crippen LogP contribution is 2.28. The van der Waals surface area contributed by atoms with Gasteiger partial charge in [-0.25, -0.2) is 0 Å². The van der Waals surface area contributed by atoms with Crippen LogP contribution in [0, 0.1) is 0 Å². The van der Waals surface area contributed by atoms with Crippen molar-refractivity contribution < 1.29 is 14.4 Å². The quantitative estimate of drug-likeness (QED) is 0.688. The van der Waals surface area contributed by atoms with Crippen molar-refractivity contribution in [2.24, 2.45) is 0 Å². The second kappa shape index (κ2) is 9.40. The molecule has 0 aromatic heterocycles. The molecular formula is C18H28N2O3. The molecule has 1 aromatic carbocycles. The van der Waals surface area contributed by atoms with E-state index in [1.54, 1.807) is 12.2 Å². The number of carbonyl (C=O) groups excluding carboxylic acids is 1. The lowest BCUT2D eigenvalue weighted by molar-refractivity contribution is -0.191. The SMILES string of the molecule is CCCCCCC(=O)ON1CCN(c2ccccc2OC)CC1. The summed E-state index contributed by atoms with van der Waals surface area (Å²) in [6, 6.07) is 8.02. The molecule has 1 aromatic rings. The first-order chi connectivity index (χ1) is 11.2. The van der Waals surface area contributed by atoms with Gasteiger partial charge in [0.1, 0.15) is 5.75 Å². The third-order valence-electron chi connectivity index (χ3n) is 4.13. The van der Waals surface area contributed by atoms with Crippen LogP contribution in [-0.4, -0.2) is 44.3 Å². The first kappa shape index (κ1) is 17.6. The Kier molecular flexibility index (Phi) is 7.20. The zero-order chi connectivity index (χ0) is 16.5. The van der Waals surface area contributed by atoms with Crippen LogP contribution in [0.3, 0.4) is 0 Å². The monoisotopic (exact) mass is 320 g/mol. The fourth-order valence-electron chi connectivity index (χ4n) is 2.80. The van der Waals surface area contributed by atoms with Crippen LogP contribution in [0.15, 0.2) is 24.3 Å². The van der Waals surface area contributed by atoms with Gasteiger partial charge in [0.15, 0.2) is 0 Å². The molecule has 5 nitrogen and oxygen atoms in total. The number of ether oxygens (including phenoxy) is 1. The lowest BCUT2D eigenvalue weighted by Crippen LogP contribution is -2.47. The molecule has 1 fully saturated rings. The highest BCUT2D eigenvalue weighted by molar-refractivity contribution is 5.69. The summed E-state index contributed by atoms with van der Waals surface area (Å²) < 4.78 is 5.41. The molecule has 2 rings (SSSR count). The summed E-state index contributed by atoms with van der Waals surface area (Å²) in [5.74, 6) is 0.778. The third kappa shape index (κ3) is 5.43. The van der Waals surface area contributed by atoms with Crippen molar-refractivity contribution in [2.45, 2.75) is 39.0 Å². The molecule has 0 aliphatic carbocycles. The number of anilines is 1. The first-order valence-electron chi connectivity index (χ1n) is 8.58. The number of hydroxylamine groups is 2. The van der Waals surface area contributed by atoms with Gasteiger partial charge < -0.3 is 14.5 Å². The van der Waals surface area contributed by atoms with Gasteiger partial charge in [0, 0.05) is 19.5 Å². The number of benzene rings is 1. The van der Waals surface area contributed by atoms with E-state index in [9.17, 15) is 4.79 Å². The number of para-hydroxylation sites is 2. The zero-order valence-electron chi connectivity index (χ0n) is 14.3. The minimum absolute atomic E-state index is 0.105. The summed E-state index contributed by atoms with van der Waals surface area (Å²) in [6.45, 7) is 5.25. The summed E-state index contributed by atoms with van der Waals surface area (Å²) >= 11 is 0. The molecule has 0 bridgehead atoms. The van der Waals surface area contributed by atoms with Crippen LogP contribution in [0.1, 0.15) is 39.0 Å². The van der Waals surface area contributed by atoms with E-state index in [0.717, 1.165) is 50.5 Å². The Bertz CT molecular complexity index is 485. The number of hydrogen-bond donors (Lipinski definition) is 0. The van der Waals surface area contributed by atoms with Gasteiger partial charge in [-0.15, -0.1) is 5.06 Å².